The van der Waals surface area contributed by atoms with Gasteiger partial charge in [0.2, 0.25) is 0 Å². The average Bonchev–Trinajstić information content (AvgIpc) is 3.33. The van der Waals surface area contributed by atoms with Crippen LogP contribution in [-0.2, 0) is 13.6 Å². The SMILES string of the molecule is Cc1nc2nc(CN3CCCC3c3nc4ccccc4n3C)cc(=O)n2[nH]1. The predicted molar refractivity (Wildman–Crippen MR) is 101 cm³/mol. The molecule has 0 radical (unpaired) electrons. The highest BCUT2D eigenvalue weighted by atomic mass is 16.1. The quantitative estimate of drug-likeness (QED) is 0.601. The summed E-state index contributed by atoms with van der Waals surface area (Å²) in [7, 11) is 2.07. The summed E-state index contributed by atoms with van der Waals surface area (Å²) >= 11 is 0. The van der Waals surface area contributed by atoms with Crippen molar-refractivity contribution in [2.24, 2.45) is 7.05 Å². The largest absolute Gasteiger partial charge is 0.330 e. The minimum Gasteiger partial charge on any atom is -0.330 e. The van der Waals surface area contributed by atoms with Crippen molar-refractivity contribution in [3.63, 3.8) is 0 Å². The van der Waals surface area contributed by atoms with Crippen molar-refractivity contribution < 1.29 is 0 Å². The highest BCUT2D eigenvalue weighted by molar-refractivity contribution is 5.75. The van der Waals surface area contributed by atoms with E-state index in [1.807, 2.05) is 19.1 Å². The Hall–Kier alpha value is -3.00. The maximum Gasteiger partial charge on any atom is 0.274 e. The fourth-order valence-electron chi connectivity index (χ4n) is 4.09. The van der Waals surface area contributed by atoms with E-state index in [1.54, 1.807) is 6.07 Å². The smallest absolute Gasteiger partial charge is 0.274 e. The number of aryl methyl sites for hydroxylation is 2. The molecule has 1 fully saturated rings. The van der Waals surface area contributed by atoms with Gasteiger partial charge < -0.3 is 4.57 Å². The Morgan fingerprint density at radius 3 is 2.93 bits per heavy atom. The fraction of sp³-hybridized carbons (Fsp3) is 0.368. The second kappa shape index (κ2) is 6.02. The Balaban J connectivity index is 1.49. The van der Waals surface area contributed by atoms with Crippen molar-refractivity contribution in [3.05, 3.63) is 58.0 Å². The van der Waals surface area contributed by atoms with E-state index in [-0.39, 0.29) is 11.6 Å². The molecule has 3 aromatic heterocycles. The first-order chi connectivity index (χ1) is 13.1. The van der Waals surface area contributed by atoms with Crippen molar-refractivity contribution in [2.45, 2.75) is 32.4 Å². The summed E-state index contributed by atoms with van der Waals surface area (Å²) in [6, 6.07) is 10.0. The van der Waals surface area contributed by atoms with Gasteiger partial charge >= 0.3 is 0 Å². The number of hydrogen-bond acceptors (Lipinski definition) is 5. The molecule has 1 aliphatic rings. The fourth-order valence-corrected chi connectivity index (χ4v) is 4.09. The van der Waals surface area contributed by atoms with Crippen LogP contribution >= 0.6 is 0 Å². The number of fused-ring (bicyclic) bond motifs is 2. The molecular weight excluding hydrogens is 342 g/mol. The summed E-state index contributed by atoms with van der Waals surface area (Å²) in [4.78, 5) is 28.4. The van der Waals surface area contributed by atoms with Crippen molar-refractivity contribution in [1.29, 1.82) is 0 Å². The Labute approximate surface area is 155 Å². The molecule has 0 amide bonds. The van der Waals surface area contributed by atoms with Gasteiger partial charge in [0.25, 0.3) is 11.3 Å². The van der Waals surface area contributed by atoms with E-state index < -0.39 is 0 Å². The molecule has 0 saturated carbocycles. The normalized spacial score (nSPS) is 18.1. The molecule has 0 aliphatic carbocycles. The molecule has 1 saturated heterocycles. The molecule has 1 atom stereocenters. The molecule has 0 bridgehead atoms. The van der Waals surface area contributed by atoms with Crippen LogP contribution in [-0.4, -0.2) is 40.6 Å². The molecular formula is C19H21N7O. The molecule has 138 valence electrons. The standard InChI is InChI=1S/C19H21N7O/c1-12-20-19-21-13(10-17(27)26(19)23-12)11-25-9-5-8-16(25)18-22-14-6-3-4-7-15(14)24(18)2/h3-4,6-7,10,16H,5,8-9,11H2,1-2H3,(H,20,21,23). The van der Waals surface area contributed by atoms with Crippen LogP contribution in [0.2, 0.25) is 0 Å². The molecule has 8 heteroatoms. The second-order valence-corrected chi connectivity index (χ2v) is 7.18. The predicted octanol–water partition coefficient (Wildman–Crippen LogP) is 1.95. The average molecular weight is 363 g/mol. The van der Waals surface area contributed by atoms with E-state index in [9.17, 15) is 4.79 Å². The number of aromatic amines is 1. The van der Waals surface area contributed by atoms with Gasteiger partial charge in [-0.1, -0.05) is 12.1 Å². The summed E-state index contributed by atoms with van der Waals surface area (Å²) in [6.45, 7) is 3.40. The Morgan fingerprint density at radius 2 is 2.07 bits per heavy atom. The molecule has 4 aromatic rings. The maximum absolute atomic E-state index is 12.3. The zero-order valence-electron chi connectivity index (χ0n) is 15.4. The Morgan fingerprint density at radius 1 is 1.22 bits per heavy atom. The van der Waals surface area contributed by atoms with Crippen molar-refractivity contribution in [2.75, 3.05) is 6.54 Å². The lowest BCUT2D eigenvalue weighted by molar-refractivity contribution is 0.234. The van der Waals surface area contributed by atoms with Gasteiger partial charge in [-0.05, 0) is 38.4 Å². The van der Waals surface area contributed by atoms with E-state index in [2.05, 4.69) is 43.7 Å². The highest BCUT2D eigenvalue weighted by Gasteiger charge is 2.30. The minimum atomic E-state index is -0.130. The number of likely N-dealkylation sites (tertiary alicyclic amines) is 1. The summed E-state index contributed by atoms with van der Waals surface area (Å²) in [6.07, 6.45) is 2.16. The molecule has 27 heavy (non-hydrogen) atoms. The first-order valence-corrected chi connectivity index (χ1v) is 9.21. The molecule has 5 rings (SSSR count). The van der Waals surface area contributed by atoms with Crippen LogP contribution in [0.3, 0.4) is 0 Å². The topological polar surface area (TPSA) is 84.1 Å². The molecule has 4 heterocycles. The number of para-hydroxylation sites is 2. The van der Waals surface area contributed by atoms with Crippen molar-refractivity contribution in [3.8, 4) is 0 Å². The minimum absolute atomic E-state index is 0.130. The number of aromatic nitrogens is 6. The zero-order chi connectivity index (χ0) is 18.5. The number of benzene rings is 1. The molecule has 1 N–H and O–H groups in total. The first-order valence-electron chi connectivity index (χ1n) is 9.21. The molecule has 8 nitrogen and oxygen atoms in total. The molecule has 1 unspecified atom stereocenters. The third-order valence-electron chi connectivity index (χ3n) is 5.34. The Kier molecular flexibility index (Phi) is 3.61. The van der Waals surface area contributed by atoms with Gasteiger partial charge in [-0.3, -0.25) is 14.8 Å². The lowest BCUT2D eigenvalue weighted by Gasteiger charge is -2.23. The van der Waals surface area contributed by atoms with Gasteiger partial charge in [-0.15, -0.1) is 0 Å². The second-order valence-electron chi connectivity index (χ2n) is 7.18. The molecule has 0 spiro atoms. The summed E-state index contributed by atoms with van der Waals surface area (Å²) in [5, 5.41) is 2.91. The van der Waals surface area contributed by atoms with Crippen LogP contribution in [0.25, 0.3) is 16.8 Å². The molecule has 1 aromatic carbocycles. The van der Waals surface area contributed by atoms with Crippen LogP contribution < -0.4 is 5.56 Å². The maximum atomic E-state index is 12.3. The van der Waals surface area contributed by atoms with Crippen LogP contribution in [0.4, 0.5) is 0 Å². The lowest BCUT2D eigenvalue weighted by Crippen LogP contribution is -2.27. The number of hydrogen-bond donors (Lipinski definition) is 1. The van der Waals surface area contributed by atoms with Crippen LogP contribution in [0.15, 0.2) is 35.1 Å². The summed E-state index contributed by atoms with van der Waals surface area (Å²) in [5.74, 6) is 2.17. The van der Waals surface area contributed by atoms with Crippen LogP contribution in [0, 0.1) is 6.92 Å². The number of imidazole rings is 1. The zero-order valence-corrected chi connectivity index (χ0v) is 15.4. The first kappa shape index (κ1) is 16.2. The third kappa shape index (κ3) is 2.64. The van der Waals surface area contributed by atoms with E-state index in [4.69, 9.17) is 4.98 Å². The van der Waals surface area contributed by atoms with Gasteiger partial charge in [-0.25, -0.2) is 9.97 Å². The summed E-state index contributed by atoms with van der Waals surface area (Å²) in [5.41, 5.74) is 2.78. The lowest BCUT2D eigenvalue weighted by atomic mass is 10.2. The van der Waals surface area contributed by atoms with Gasteiger partial charge in [0.05, 0.1) is 22.8 Å². The number of rotatable bonds is 3. The van der Waals surface area contributed by atoms with E-state index in [0.29, 0.717) is 18.1 Å². The number of nitrogens with zero attached hydrogens (tertiary/aromatic N) is 6. The van der Waals surface area contributed by atoms with E-state index in [0.717, 1.165) is 41.9 Å². The van der Waals surface area contributed by atoms with Gasteiger partial charge in [-0.2, -0.15) is 9.50 Å². The number of H-pyrrole nitrogens is 1. The monoisotopic (exact) mass is 363 g/mol. The van der Waals surface area contributed by atoms with Crippen LogP contribution in [0.5, 0.6) is 0 Å². The van der Waals surface area contributed by atoms with Crippen LogP contribution in [0.1, 0.15) is 36.2 Å². The van der Waals surface area contributed by atoms with Gasteiger partial charge in [0.15, 0.2) is 0 Å². The van der Waals surface area contributed by atoms with Crippen molar-refractivity contribution >= 4 is 16.8 Å². The number of nitrogens with one attached hydrogen (secondary N) is 1. The highest BCUT2D eigenvalue weighted by Crippen LogP contribution is 2.33. The molecule has 1 aliphatic heterocycles. The van der Waals surface area contributed by atoms with E-state index >= 15 is 0 Å². The third-order valence-corrected chi connectivity index (χ3v) is 5.34. The van der Waals surface area contributed by atoms with Crippen molar-refractivity contribution in [1.82, 2.24) is 34.0 Å². The van der Waals surface area contributed by atoms with E-state index in [1.165, 1.54) is 4.52 Å². The Bertz CT molecular complexity index is 1200. The van der Waals surface area contributed by atoms with Gasteiger partial charge in [0.1, 0.15) is 11.6 Å². The summed E-state index contributed by atoms with van der Waals surface area (Å²) < 4.78 is 3.56. The van der Waals surface area contributed by atoms with Gasteiger partial charge in [0, 0.05) is 19.7 Å².